The van der Waals surface area contributed by atoms with Crippen LogP contribution in [0.4, 0.5) is 0 Å². The number of hydrogen-bond donors (Lipinski definition) is 2. The molecule has 19 heavy (non-hydrogen) atoms. The molecule has 2 rings (SSSR count). The van der Waals surface area contributed by atoms with Crippen LogP contribution in [0.25, 0.3) is 0 Å². The summed E-state index contributed by atoms with van der Waals surface area (Å²) in [7, 11) is 1.67. The summed E-state index contributed by atoms with van der Waals surface area (Å²) in [6, 6.07) is 18.6. The molecule has 0 aliphatic heterocycles. The molecule has 2 aromatic carbocycles. The van der Waals surface area contributed by atoms with E-state index in [0.717, 1.165) is 18.6 Å². The van der Waals surface area contributed by atoms with Crippen LogP contribution in [0.2, 0.25) is 0 Å². The van der Waals surface area contributed by atoms with Crippen LogP contribution >= 0.6 is 0 Å². The van der Waals surface area contributed by atoms with Crippen LogP contribution < -0.4 is 16.0 Å². The number of rotatable bonds is 6. The van der Waals surface area contributed by atoms with Gasteiger partial charge in [-0.05, 0) is 36.1 Å². The second-order valence-electron chi connectivity index (χ2n) is 4.52. The van der Waals surface area contributed by atoms with Crippen molar-refractivity contribution >= 4 is 0 Å². The molecule has 1 atom stereocenters. The van der Waals surface area contributed by atoms with E-state index < -0.39 is 0 Å². The van der Waals surface area contributed by atoms with Crippen LogP contribution in [0.5, 0.6) is 5.75 Å². The zero-order valence-electron chi connectivity index (χ0n) is 11.2. The first-order valence-electron chi connectivity index (χ1n) is 6.47. The lowest BCUT2D eigenvalue weighted by Gasteiger charge is -2.16. The Labute approximate surface area is 114 Å². The highest BCUT2D eigenvalue weighted by atomic mass is 16.5. The SMILES string of the molecule is COc1ccc(C(CCc2ccccc2)NN)cc1. The molecular formula is C16H20N2O. The molecule has 0 spiro atoms. The van der Waals surface area contributed by atoms with Crippen molar-refractivity contribution < 1.29 is 4.74 Å². The first-order valence-corrected chi connectivity index (χ1v) is 6.47. The van der Waals surface area contributed by atoms with Gasteiger partial charge in [0, 0.05) is 6.04 Å². The van der Waals surface area contributed by atoms with Crippen LogP contribution in [-0.2, 0) is 6.42 Å². The van der Waals surface area contributed by atoms with Gasteiger partial charge in [0.25, 0.3) is 0 Å². The van der Waals surface area contributed by atoms with Gasteiger partial charge in [-0.25, -0.2) is 0 Å². The summed E-state index contributed by atoms with van der Waals surface area (Å²) in [5.41, 5.74) is 5.39. The minimum atomic E-state index is 0.158. The van der Waals surface area contributed by atoms with Gasteiger partial charge in [-0.1, -0.05) is 42.5 Å². The standard InChI is InChI=1S/C16H20N2O/c1-19-15-10-8-14(9-11-15)16(18-17)12-7-13-5-3-2-4-6-13/h2-6,8-11,16,18H,7,12,17H2,1H3. The van der Waals surface area contributed by atoms with Gasteiger partial charge in [0.05, 0.1) is 7.11 Å². The molecule has 0 saturated heterocycles. The number of methoxy groups -OCH3 is 1. The largest absolute Gasteiger partial charge is 0.497 e. The fourth-order valence-electron chi connectivity index (χ4n) is 2.14. The maximum atomic E-state index is 5.66. The molecule has 100 valence electrons. The zero-order valence-corrected chi connectivity index (χ0v) is 11.2. The Morgan fingerprint density at radius 2 is 1.74 bits per heavy atom. The normalized spacial score (nSPS) is 12.1. The van der Waals surface area contributed by atoms with Gasteiger partial charge in [-0.3, -0.25) is 11.3 Å². The topological polar surface area (TPSA) is 47.3 Å². The summed E-state index contributed by atoms with van der Waals surface area (Å²) in [5.74, 6) is 6.52. The molecule has 2 aromatic rings. The Balaban J connectivity index is 1.99. The molecule has 3 heteroatoms. The quantitative estimate of drug-likeness (QED) is 0.617. The zero-order chi connectivity index (χ0) is 13.5. The molecular weight excluding hydrogens is 236 g/mol. The lowest BCUT2D eigenvalue weighted by Crippen LogP contribution is -2.28. The summed E-state index contributed by atoms with van der Waals surface area (Å²) in [4.78, 5) is 0. The van der Waals surface area contributed by atoms with E-state index in [2.05, 4.69) is 29.7 Å². The lowest BCUT2D eigenvalue weighted by atomic mass is 9.99. The first kappa shape index (κ1) is 13.6. The van der Waals surface area contributed by atoms with Gasteiger partial charge in [0.1, 0.15) is 5.75 Å². The van der Waals surface area contributed by atoms with Crippen molar-refractivity contribution in [3.63, 3.8) is 0 Å². The number of benzene rings is 2. The maximum Gasteiger partial charge on any atom is 0.118 e. The van der Waals surface area contributed by atoms with Crippen molar-refractivity contribution in [3.8, 4) is 5.75 Å². The van der Waals surface area contributed by atoms with Crippen molar-refractivity contribution in [1.82, 2.24) is 5.43 Å². The third-order valence-corrected chi connectivity index (χ3v) is 3.28. The van der Waals surface area contributed by atoms with E-state index in [1.165, 1.54) is 11.1 Å². The third-order valence-electron chi connectivity index (χ3n) is 3.28. The van der Waals surface area contributed by atoms with Crippen LogP contribution in [0.3, 0.4) is 0 Å². The van der Waals surface area contributed by atoms with E-state index in [1.54, 1.807) is 7.11 Å². The second-order valence-corrected chi connectivity index (χ2v) is 4.52. The third kappa shape index (κ3) is 3.81. The summed E-state index contributed by atoms with van der Waals surface area (Å²) >= 11 is 0. The fraction of sp³-hybridized carbons (Fsp3) is 0.250. The van der Waals surface area contributed by atoms with Crippen LogP contribution in [0.15, 0.2) is 54.6 Å². The molecule has 1 unspecified atom stereocenters. The van der Waals surface area contributed by atoms with E-state index in [1.807, 2.05) is 30.3 Å². The van der Waals surface area contributed by atoms with E-state index in [-0.39, 0.29) is 6.04 Å². The number of aryl methyl sites for hydroxylation is 1. The smallest absolute Gasteiger partial charge is 0.118 e. The average Bonchev–Trinajstić information content (AvgIpc) is 2.49. The number of nitrogens with one attached hydrogen (secondary N) is 1. The van der Waals surface area contributed by atoms with Crippen molar-refractivity contribution in [2.24, 2.45) is 5.84 Å². The predicted octanol–water partition coefficient (Wildman–Crippen LogP) is 2.83. The molecule has 3 nitrogen and oxygen atoms in total. The highest BCUT2D eigenvalue weighted by molar-refractivity contribution is 5.29. The van der Waals surface area contributed by atoms with Gasteiger partial charge >= 0.3 is 0 Å². The van der Waals surface area contributed by atoms with Gasteiger partial charge in [-0.15, -0.1) is 0 Å². The number of hydrazine groups is 1. The van der Waals surface area contributed by atoms with Crippen molar-refractivity contribution in [2.45, 2.75) is 18.9 Å². The van der Waals surface area contributed by atoms with Crippen molar-refractivity contribution in [2.75, 3.05) is 7.11 Å². The van der Waals surface area contributed by atoms with E-state index >= 15 is 0 Å². The Bertz CT molecular complexity index is 482. The molecule has 0 aliphatic carbocycles. The summed E-state index contributed by atoms with van der Waals surface area (Å²) in [6.07, 6.45) is 1.97. The van der Waals surface area contributed by atoms with Crippen LogP contribution in [0.1, 0.15) is 23.6 Å². The molecule has 0 aliphatic rings. The molecule has 3 N–H and O–H groups in total. The molecule has 0 aromatic heterocycles. The Kier molecular flexibility index (Phi) is 4.95. The van der Waals surface area contributed by atoms with Crippen molar-refractivity contribution in [3.05, 3.63) is 65.7 Å². The van der Waals surface area contributed by atoms with E-state index in [9.17, 15) is 0 Å². The fourth-order valence-corrected chi connectivity index (χ4v) is 2.14. The Morgan fingerprint density at radius 3 is 2.32 bits per heavy atom. The van der Waals surface area contributed by atoms with E-state index in [0.29, 0.717) is 0 Å². The summed E-state index contributed by atoms with van der Waals surface area (Å²) in [5, 5.41) is 0. The van der Waals surface area contributed by atoms with Gasteiger partial charge in [-0.2, -0.15) is 0 Å². The van der Waals surface area contributed by atoms with Gasteiger partial charge < -0.3 is 4.74 Å². The monoisotopic (exact) mass is 256 g/mol. The summed E-state index contributed by atoms with van der Waals surface area (Å²) in [6.45, 7) is 0. The molecule has 0 bridgehead atoms. The number of nitrogens with two attached hydrogens (primary N) is 1. The highest BCUT2D eigenvalue weighted by Gasteiger charge is 2.09. The van der Waals surface area contributed by atoms with E-state index in [4.69, 9.17) is 10.6 Å². The van der Waals surface area contributed by atoms with Crippen LogP contribution in [-0.4, -0.2) is 7.11 Å². The Morgan fingerprint density at radius 1 is 1.05 bits per heavy atom. The molecule has 0 saturated carbocycles. The Hall–Kier alpha value is -1.84. The lowest BCUT2D eigenvalue weighted by molar-refractivity contribution is 0.414. The number of hydrogen-bond acceptors (Lipinski definition) is 3. The highest BCUT2D eigenvalue weighted by Crippen LogP contribution is 2.21. The maximum absolute atomic E-state index is 5.66. The van der Waals surface area contributed by atoms with Crippen molar-refractivity contribution in [1.29, 1.82) is 0 Å². The minimum absolute atomic E-state index is 0.158. The molecule has 0 amide bonds. The number of ether oxygens (including phenoxy) is 1. The first-order chi connectivity index (χ1) is 9.33. The average molecular weight is 256 g/mol. The minimum Gasteiger partial charge on any atom is -0.497 e. The second kappa shape index (κ2) is 6.92. The molecule has 0 radical (unpaired) electrons. The molecule has 0 heterocycles. The van der Waals surface area contributed by atoms with Gasteiger partial charge in [0.15, 0.2) is 0 Å². The van der Waals surface area contributed by atoms with Gasteiger partial charge in [0.2, 0.25) is 0 Å². The summed E-state index contributed by atoms with van der Waals surface area (Å²) < 4.78 is 5.16. The van der Waals surface area contributed by atoms with Crippen LogP contribution in [0, 0.1) is 0 Å². The predicted molar refractivity (Wildman–Crippen MR) is 77.8 cm³/mol. The molecule has 0 fully saturated rings.